The van der Waals surface area contributed by atoms with Gasteiger partial charge in [-0.1, -0.05) is 50.5 Å². The van der Waals surface area contributed by atoms with Crippen LogP contribution in [0, 0.1) is 23.7 Å². The standard InChI is InChI=1S/C41H47NO6S2/c1-4-5-6-7-8-33-21-24-36(49-33)29-13-15-30(16-14-29)39-42-37-34(47-40(45)31-17-9-27(10-18-31)25(2)43)22-23-35(38(37)50-39)48-41(46)32-19-11-28(12-20-32)26(3)44/h13-16,21-24,27-28,31-32H,4-12,17-20H2,1-3H3. The third-order valence-electron chi connectivity index (χ3n) is 10.5. The quantitative estimate of drug-likeness (QED) is 0.0772. The van der Waals surface area contributed by atoms with Crippen LogP contribution in [0.5, 0.6) is 11.5 Å². The van der Waals surface area contributed by atoms with Crippen LogP contribution in [-0.4, -0.2) is 28.5 Å². The van der Waals surface area contributed by atoms with Crippen molar-refractivity contribution < 1.29 is 28.7 Å². The molecule has 0 spiro atoms. The first-order valence-corrected chi connectivity index (χ1v) is 19.9. The number of thiophene rings is 1. The summed E-state index contributed by atoms with van der Waals surface area (Å²) in [6, 6.07) is 16.2. The zero-order valence-electron chi connectivity index (χ0n) is 29.3. The number of carbonyl (C=O) groups is 4. The molecule has 264 valence electrons. The van der Waals surface area contributed by atoms with E-state index >= 15 is 0 Å². The molecule has 0 saturated heterocycles. The van der Waals surface area contributed by atoms with E-state index in [9.17, 15) is 19.2 Å². The minimum atomic E-state index is -0.320. The van der Waals surface area contributed by atoms with E-state index in [1.54, 1.807) is 26.0 Å². The molecule has 0 bridgehead atoms. The van der Waals surface area contributed by atoms with Gasteiger partial charge in [-0.25, -0.2) is 4.98 Å². The van der Waals surface area contributed by atoms with Gasteiger partial charge in [0.25, 0.3) is 0 Å². The number of ketones is 2. The van der Waals surface area contributed by atoms with Crippen LogP contribution in [0.25, 0.3) is 31.2 Å². The molecule has 2 fully saturated rings. The first-order chi connectivity index (χ1) is 24.2. The van der Waals surface area contributed by atoms with Gasteiger partial charge in [0.2, 0.25) is 0 Å². The molecule has 4 aromatic rings. The van der Waals surface area contributed by atoms with Crippen LogP contribution < -0.4 is 9.47 Å². The Hall–Kier alpha value is -3.69. The summed E-state index contributed by atoms with van der Waals surface area (Å²) in [5.74, 6) is -0.0431. The van der Waals surface area contributed by atoms with Gasteiger partial charge in [-0.05, 0) is 108 Å². The Morgan fingerprint density at radius 3 is 1.76 bits per heavy atom. The lowest BCUT2D eigenvalue weighted by molar-refractivity contribution is -0.141. The Morgan fingerprint density at radius 2 is 1.18 bits per heavy atom. The minimum absolute atomic E-state index is 0.0159. The number of Topliss-reactive ketones (excluding diaryl/α,β-unsaturated/α-hetero) is 2. The Balaban J connectivity index is 1.23. The number of carbonyl (C=O) groups excluding carboxylic acids is 4. The predicted molar refractivity (Wildman–Crippen MR) is 200 cm³/mol. The van der Waals surface area contributed by atoms with E-state index in [4.69, 9.17) is 14.5 Å². The van der Waals surface area contributed by atoms with Crippen molar-refractivity contribution in [2.24, 2.45) is 23.7 Å². The van der Waals surface area contributed by atoms with E-state index in [0.717, 1.165) is 22.6 Å². The summed E-state index contributed by atoms with van der Waals surface area (Å²) in [5.41, 5.74) is 2.56. The highest BCUT2D eigenvalue weighted by atomic mass is 32.1. The molecule has 0 atom stereocenters. The summed E-state index contributed by atoms with van der Waals surface area (Å²) in [6.07, 6.45) is 11.4. The average molecular weight is 714 g/mol. The second kappa shape index (κ2) is 16.6. The van der Waals surface area contributed by atoms with Crippen LogP contribution in [-0.2, 0) is 25.6 Å². The fraction of sp³-hybridized carbons (Fsp3) is 0.488. The van der Waals surface area contributed by atoms with Gasteiger partial charge in [0.05, 0.1) is 11.8 Å². The van der Waals surface area contributed by atoms with Crippen LogP contribution in [0.3, 0.4) is 0 Å². The summed E-state index contributed by atoms with van der Waals surface area (Å²) in [6.45, 7) is 5.47. The van der Waals surface area contributed by atoms with Gasteiger partial charge in [-0.3, -0.25) is 19.2 Å². The molecule has 2 aliphatic rings. The molecule has 9 heteroatoms. The maximum atomic E-state index is 13.3. The smallest absolute Gasteiger partial charge is 0.314 e. The normalized spacial score (nSPS) is 20.8. The number of benzene rings is 2. The molecule has 6 rings (SSSR count). The second-order valence-corrected chi connectivity index (χ2v) is 16.2. The average Bonchev–Trinajstić information content (AvgIpc) is 3.80. The zero-order valence-corrected chi connectivity index (χ0v) is 31.0. The third-order valence-corrected chi connectivity index (χ3v) is 12.8. The van der Waals surface area contributed by atoms with E-state index in [1.807, 2.05) is 11.3 Å². The molecule has 0 aliphatic heterocycles. The highest BCUT2D eigenvalue weighted by Gasteiger charge is 2.32. The van der Waals surface area contributed by atoms with E-state index in [2.05, 4.69) is 43.3 Å². The monoisotopic (exact) mass is 713 g/mol. The lowest BCUT2D eigenvalue weighted by Crippen LogP contribution is -2.28. The van der Waals surface area contributed by atoms with Crippen molar-refractivity contribution in [2.45, 2.75) is 104 Å². The maximum absolute atomic E-state index is 13.3. The molecule has 0 unspecified atom stereocenters. The van der Waals surface area contributed by atoms with Gasteiger partial charge in [0.15, 0.2) is 11.5 Å². The van der Waals surface area contributed by atoms with E-state index in [0.29, 0.717) is 73.1 Å². The molecule has 50 heavy (non-hydrogen) atoms. The molecule has 0 radical (unpaired) electrons. The largest absolute Gasteiger partial charge is 0.425 e. The Kier molecular flexibility index (Phi) is 12.0. The van der Waals surface area contributed by atoms with E-state index in [-0.39, 0.29) is 47.2 Å². The van der Waals surface area contributed by atoms with Crippen LogP contribution in [0.4, 0.5) is 0 Å². The number of rotatable bonds is 13. The molecule has 2 aromatic carbocycles. The Bertz CT molecular complexity index is 1740. The van der Waals surface area contributed by atoms with Gasteiger partial charge in [-0.2, -0.15) is 0 Å². The number of thiazole rings is 1. The van der Waals surface area contributed by atoms with Gasteiger partial charge >= 0.3 is 11.9 Å². The van der Waals surface area contributed by atoms with Crippen molar-refractivity contribution in [3.05, 3.63) is 53.4 Å². The van der Waals surface area contributed by atoms with Crippen molar-refractivity contribution >= 4 is 56.4 Å². The summed E-state index contributed by atoms with van der Waals surface area (Å²) in [4.78, 5) is 58.0. The minimum Gasteiger partial charge on any atom is -0.425 e. The number of esters is 2. The summed E-state index contributed by atoms with van der Waals surface area (Å²) in [5, 5.41) is 0.735. The molecule has 0 N–H and O–H groups in total. The number of unbranched alkanes of at least 4 members (excludes halogenated alkanes) is 3. The van der Waals surface area contributed by atoms with Gasteiger partial charge < -0.3 is 9.47 Å². The van der Waals surface area contributed by atoms with Gasteiger partial charge in [0, 0.05) is 27.2 Å². The fourth-order valence-corrected chi connectivity index (χ4v) is 9.36. The van der Waals surface area contributed by atoms with E-state index < -0.39 is 0 Å². The molecule has 2 heterocycles. The first kappa shape index (κ1) is 36.1. The maximum Gasteiger partial charge on any atom is 0.314 e. The predicted octanol–water partition coefficient (Wildman–Crippen LogP) is 10.4. The molecule has 2 saturated carbocycles. The first-order valence-electron chi connectivity index (χ1n) is 18.3. The van der Waals surface area contributed by atoms with Crippen molar-refractivity contribution in [1.29, 1.82) is 0 Å². The SMILES string of the molecule is CCCCCCc1ccc(-c2ccc(-c3nc4c(OC(=O)C5CCC(C(C)=O)CC5)ccc(OC(=O)C5CCC(C(C)=O)CC5)c4s3)cc2)s1. The molecular weight excluding hydrogens is 667 g/mol. The van der Waals surface area contributed by atoms with Crippen LogP contribution >= 0.6 is 22.7 Å². The van der Waals surface area contributed by atoms with E-state index in [1.165, 1.54) is 46.8 Å². The van der Waals surface area contributed by atoms with Gasteiger partial charge in [0.1, 0.15) is 26.8 Å². The lowest BCUT2D eigenvalue weighted by atomic mass is 9.80. The number of ether oxygens (including phenoxy) is 2. The Labute approximate surface area is 302 Å². The second-order valence-electron chi connectivity index (χ2n) is 14.1. The fourth-order valence-electron chi connectivity index (χ4n) is 7.27. The summed E-state index contributed by atoms with van der Waals surface area (Å²) < 4.78 is 12.7. The molecule has 7 nitrogen and oxygen atoms in total. The number of fused-ring (bicyclic) bond motifs is 1. The summed E-state index contributed by atoms with van der Waals surface area (Å²) >= 11 is 3.26. The van der Waals surface area contributed by atoms with Crippen molar-refractivity contribution in [3.63, 3.8) is 0 Å². The molecule has 0 amide bonds. The van der Waals surface area contributed by atoms with Crippen molar-refractivity contribution in [2.75, 3.05) is 0 Å². The topological polar surface area (TPSA) is 99.6 Å². The van der Waals surface area contributed by atoms with Crippen molar-refractivity contribution in [3.8, 4) is 32.5 Å². The van der Waals surface area contributed by atoms with Crippen LogP contribution in [0.2, 0.25) is 0 Å². The van der Waals surface area contributed by atoms with Crippen LogP contribution in [0.15, 0.2) is 48.5 Å². The number of aromatic nitrogens is 1. The number of aryl methyl sites for hydroxylation is 1. The zero-order chi connectivity index (χ0) is 35.2. The Morgan fingerprint density at radius 1 is 0.640 bits per heavy atom. The third kappa shape index (κ3) is 8.60. The van der Waals surface area contributed by atoms with Crippen molar-refractivity contribution in [1.82, 2.24) is 4.98 Å². The van der Waals surface area contributed by atoms with Crippen LogP contribution in [0.1, 0.15) is 103 Å². The highest BCUT2D eigenvalue weighted by Crippen LogP contribution is 2.43. The lowest BCUT2D eigenvalue weighted by Gasteiger charge is -2.25. The summed E-state index contributed by atoms with van der Waals surface area (Å²) in [7, 11) is 0. The number of hydrogen-bond acceptors (Lipinski definition) is 9. The number of nitrogens with zero attached hydrogens (tertiary/aromatic N) is 1. The number of hydrogen-bond donors (Lipinski definition) is 0. The molecule has 2 aliphatic carbocycles. The highest BCUT2D eigenvalue weighted by molar-refractivity contribution is 7.22. The molecular formula is C41H47NO6S2. The molecule has 2 aromatic heterocycles. The van der Waals surface area contributed by atoms with Gasteiger partial charge in [-0.15, -0.1) is 22.7 Å².